The van der Waals surface area contributed by atoms with Crippen LogP contribution in [0.3, 0.4) is 0 Å². The van der Waals surface area contributed by atoms with Gasteiger partial charge < -0.3 is 5.01 Å². The molecule has 0 fully saturated rings. The van der Waals surface area contributed by atoms with E-state index in [1.165, 1.54) is 5.01 Å². The molecule has 0 aromatic carbocycles. The molecule has 0 saturated heterocycles. The molecule has 0 saturated carbocycles. The zero-order chi connectivity index (χ0) is 5.70. The summed E-state index contributed by atoms with van der Waals surface area (Å²) < 4.78 is 0. The lowest BCUT2D eigenvalue weighted by Crippen LogP contribution is -2.17. The molecule has 2 nitrogen and oxygen atoms in total. The van der Waals surface area contributed by atoms with Gasteiger partial charge in [0, 0.05) is 13.2 Å². The molecule has 0 rings (SSSR count). The maximum Gasteiger partial charge on any atom is 0.0222 e. The van der Waals surface area contributed by atoms with Crippen molar-refractivity contribution in [2.75, 3.05) is 7.05 Å². The molecule has 7 heavy (non-hydrogen) atoms. The van der Waals surface area contributed by atoms with E-state index in [2.05, 4.69) is 6.58 Å². The second kappa shape index (κ2) is 3.43. The third kappa shape index (κ3) is 5.24. The smallest absolute Gasteiger partial charge is 0.0222 e. The minimum atomic E-state index is 1.46. The fraction of sp³-hybridized carbons (Fsp3) is 0.200. The molecule has 0 amide bonds. The molecule has 0 heterocycles. The quantitative estimate of drug-likeness (QED) is 0.309. The minimum Gasteiger partial charge on any atom is -0.321 e. The van der Waals surface area contributed by atoms with Gasteiger partial charge in [0.15, 0.2) is 0 Å². The number of hydrazine groups is 1. The third-order valence-corrected chi connectivity index (χ3v) is 0.457. The van der Waals surface area contributed by atoms with Gasteiger partial charge in [0.25, 0.3) is 0 Å². The largest absolute Gasteiger partial charge is 0.321 e. The lowest BCUT2D eigenvalue weighted by Gasteiger charge is -2.00. The van der Waals surface area contributed by atoms with Gasteiger partial charge in [-0.2, -0.15) is 0 Å². The van der Waals surface area contributed by atoms with Gasteiger partial charge in [0.05, 0.1) is 0 Å². The first kappa shape index (κ1) is 6.24. The van der Waals surface area contributed by atoms with E-state index in [-0.39, 0.29) is 0 Å². The Morgan fingerprint density at radius 3 is 2.43 bits per heavy atom. The first-order chi connectivity index (χ1) is 3.27. The molecule has 2 N–H and O–H groups in total. The van der Waals surface area contributed by atoms with Crippen LogP contribution in [0, 0.1) is 0 Å². The van der Waals surface area contributed by atoms with Crippen molar-refractivity contribution in [3.8, 4) is 0 Å². The Morgan fingerprint density at radius 1 is 1.71 bits per heavy atom. The van der Waals surface area contributed by atoms with Gasteiger partial charge in [-0.15, -0.1) is 0 Å². The SMILES string of the molecule is C=C/C=C\N(C)N. The van der Waals surface area contributed by atoms with Gasteiger partial charge in [0.1, 0.15) is 0 Å². The van der Waals surface area contributed by atoms with Gasteiger partial charge in [-0.25, -0.2) is 5.84 Å². The third-order valence-electron chi connectivity index (χ3n) is 0.457. The van der Waals surface area contributed by atoms with Crippen molar-refractivity contribution in [2.24, 2.45) is 5.84 Å². The molecule has 40 valence electrons. The summed E-state index contributed by atoms with van der Waals surface area (Å²) >= 11 is 0. The van der Waals surface area contributed by atoms with Crippen LogP contribution in [0.15, 0.2) is 24.9 Å². The highest BCUT2D eigenvalue weighted by Crippen LogP contribution is 1.71. The molecule has 0 unspecified atom stereocenters. The zero-order valence-corrected chi connectivity index (χ0v) is 4.46. The normalized spacial score (nSPS) is 9.43. The molecule has 0 aliphatic carbocycles. The molecule has 0 radical (unpaired) electrons. The zero-order valence-electron chi connectivity index (χ0n) is 4.46. The van der Waals surface area contributed by atoms with Gasteiger partial charge in [-0.1, -0.05) is 12.7 Å². The Morgan fingerprint density at radius 2 is 2.29 bits per heavy atom. The summed E-state index contributed by atoms with van der Waals surface area (Å²) in [7, 11) is 1.75. The van der Waals surface area contributed by atoms with E-state index in [4.69, 9.17) is 5.84 Å². The monoisotopic (exact) mass is 98.1 g/mol. The van der Waals surface area contributed by atoms with Crippen molar-refractivity contribution in [2.45, 2.75) is 0 Å². The summed E-state index contributed by atoms with van der Waals surface area (Å²) in [5, 5.41) is 1.46. The van der Waals surface area contributed by atoms with E-state index in [9.17, 15) is 0 Å². The molecule has 0 aliphatic rings. The van der Waals surface area contributed by atoms with Crippen molar-refractivity contribution in [1.29, 1.82) is 0 Å². The topological polar surface area (TPSA) is 29.3 Å². The highest BCUT2D eigenvalue weighted by molar-refractivity contribution is 4.95. The Hall–Kier alpha value is -0.760. The Bertz CT molecular complexity index is 74.1. The molecule has 0 aromatic rings. The van der Waals surface area contributed by atoms with E-state index in [0.717, 1.165) is 0 Å². The van der Waals surface area contributed by atoms with Crippen LogP contribution in [0.25, 0.3) is 0 Å². The van der Waals surface area contributed by atoms with Crippen LogP contribution in [0.2, 0.25) is 0 Å². The Kier molecular flexibility index (Phi) is 3.06. The molecule has 2 heteroatoms. The number of rotatable bonds is 2. The lowest BCUT2D eigenvalue weighted by atomic mass is 10.6. The second-order valence-corrected chi connectivity index (χ2v) is 1.24. The number of allylic oxidation sites excluding steroid dienone is 2. The molecule has 0 bridgehead atoms. The van der Waals surface area contributed by atoms with E-state index >= 15 is 0 Å². The molecular weight excluding hydrogens is 88.1 g/mol. The van der Waals surface area contributed by atoms with Crippen LogP contribution in [0.1, 0.15) is 0 Å². The van der Waals surface area contributed by atoms with E-state index in [0.29, 0.717) is 0 Å². The van der Waals surface area contributed by atoms with Gasteiger partial charge >= 0.3 is 0 Å². The maximum absolute atomic E-state index is 5.18. The van der Waals surface area contributed by atoms with E-state index in [1.54, 1.807) is 25.4 Å². The number of hydrogen-bond donors (Lipinski definition) is 1. The lowest BCUT2D eigenvalue weighted by molar-refractivity contribution is 0.485. The fourth-order valence-corrected chi connectivity index (χ4v) is 0.197. The Balaban J connectivity index is 3.25. The van der Waals surface area contributed by atoms with Gasteiger partial charge in [-0.05, 0) is 6.08 Å². The van der Waals surface area contributed by atoms with Crippen LogP contribution in [0.5, 0.6) is 0 Å². The van der Waals surface area contributed by atoms with Gasteiger partial charge in [0.2, 0.25) is 0 Å². The van der Waals surface area contributed by atoms with Crippen LogP contribution in [0.4, 0.5) is 0 Å². The average molecular weight is 98.1 g/mol. The van der Waals surface area contributed by atoms with Gasteiger partial charge in [-0.3, -0.25) is 0 Å². The molecular formula is C5H10N2. The predicted molar refractivity (Wildman–Crippen MR) is 31.3 cm³/mol. The second-order valence-electron chi connectivity index (χ2n) is 1.24. The minimum absolute atomic E-state index is 1.46. The first-order valence-corrected chi connectivity index (χ1v) is 2.04. The summed E-state index contributed by atoms with van der Waals surface area (Å²) in [6.45, 7) is 3.46. The summed E-state index contributed by atoms with van der Waals surface area (Å²) in [6, 6.07) is 0. The fourth-order valence-electron chi connectivity index (χ4n) is 0.197. The average Bonchev–Trinajstić information content (AvgIpc) is 1.61. The van der Waals surface area contributed by atoms with E-state index in [1.807, 2.05) is 0 Å². The molecule has 0 atom stereocenters. The molecule has 0 spiro atoms. The number of nitrogens with zero attached hydrogens (tertiary/aromatic N) is 1. The van der Waals surface area contributed by atoms with Crippen molar-refractivity contribution < 1.29 is 0 Å². The first-order valence-electron chi connectivity index (χ1n) is 2.04. The van der Waals surface area contributed by atoms with Crippen molar-refractivity contribution >= 4 is 0 Å². The summed E-state index contributed by atoms with van der Waals surface area (Å²) in [5.74, 6) is 5.18. The van der Waals surface area contributed by atoms with Crippen LogP contribution < -0.4 is 5.84 Å². The highest BCUT2D eigenvalue weighted by Gasteiger charge is 1.67. The molecule has 0 aliphatic heterocycles. The van der Waals surface area contributed by atoms with Crippen molar-refractivity contribution in [3.05, 3.63) is 24.9 Å². The standard InChI is InChI=1S/C5H10N2/c1-3-4-5-7(2)6/h3-5H,1,6H2,2H3/b5-4-. The van der Waals surface area contributed by atoms with Crippen molar-refractivity contribution in [1.82, 2.24) is 5.01 Å². The van der Waals surface area contributed by atoms with E-state index < -0.39 is 0 Å². The summed E-state index contributed by atoms with van der Waals surface area (Å²) in [5.41, 5.74) is 0. The van der Waals surface area contributed by atoms with Crippen LogP contribution >= 0.6 is 0 Å². The van der Waals surface area contributed by atoms with Crippen LogP contribution in [-0.2, 0) is 0 Å². The Labute approximate surface area is 43.9 Å². The summed E-state index contributed by atoms with van der Waals surface area (Å²) in [6.07, 6.45) is 5.15. The highest BCUT2D eigenvalue weighted by atomic mass is 15.4. The predicted octanol–water partition coefficient (Wildman–Crippen LogP) is 0.492. The maximum atomic E-state index is 5.18. The number of hydrogen-bond acceptors (Lipinski definition) is 2. The van der Waals surface area contributed by atoms with Crippen molar-refractivity contribution in [3.63, 3.8) is 0 Å². The molecule has 0 aromatic heterocycles. The van der Waals surface area contributed by atoms with Crippen LogP contribution in [-0.4, -0.2) is 12.1 Å². The summed E-state index contributed by atoms with van der Waals surface area (Å²) in [4.78, 5) is 0. The number of nitrogens with two attached hydrogens (primary N) is 1.